The van der Waals surface area contributed by atoms with Gasteiger partial charge in [0.25, 0.3) is 5.89 Å². The minimum atomic E-state index is 0.397. The smallest absolute Gasteiger partial charge is 0.252 e. The van der Waals surface area contributed by atoms with Crippen LogP contribution in [0.3, 0.4) is 0 Å². The molecule has 0 bridgehead atoms. The van der Waals surface area contributed by atoms with Crippen LogP contribution in [0.25, 0.3) is 22.9 Å². The van der Waals surface area contributed by atoms with Crippen LogP contribution >= 0.6 is 0 Å². The number of nitrogens with zero attached hydrogens (tertiary/aromatic N) is 2. The van der Waals surface area contributed by atoms with E-state index < -0.39 is 0 Å². The Bertz CT molecular complexity index is 796. The summed E-state index contributed by atoms with van der Waals surface area (Å²) in [5.41, 5.74) is 2.70. The quantitative estimate of drug-likeness (QED) is 0.734. The van der Waals surface area contributed by atoms with Gasteiger partial charge in [-0.2, -0.15) is 0 Å². The van der Waals surface area contributed by atoms with Gasteiger partial charge in [-0.05, 0) is 30.7 Å². The topological polar surface area (TPSA) is 57.4 Å². The molecule has 0 radical (unpaired) electrons. The molecule has 0 saturated carbocycles. The minimum absolute atomic E-state index is 0.397. The third-order valence-corrected chi connectivity index (χ3v) is 3.43. The largest absolute Gasteiger partial charge is 0.493 e. The maximum Gasteiger partial charge on any atom is 0.252 e. The highest BCUT2D eigenvalue weighted by molar-refractivity contribution is 5.69. The molecule has 2 aromatic carbocycles. The summed E-state index contributed by atoms with van der Waals surface area (Å²) < 4.78 is 16.5. The fourth-order valence-electron chi connectivity index (χ4n) is 2.31. The molecule has 0 aliphatic heterocycles. The number of aryl methyl sites for hydroxylation is 1. The summed E-state index contributed by atoms with van der Waals surface area (Å²) in [6.45, 7) is 2.01. The Morgan fingerprint density at radius 1 is 0.818 bits per heavy atom. The highest BCUT2D eigenvalue weighted by atomic mass is 16.5. The molecule has 0 aliphatic carbocycles. The Morgan fingerprint density at radius 2 is 1.50 bits per heavy atom. The van der Waals surface area contributed by atoms with Crippen molar-refractivity contribution in [1.29, 1.82) is 0 Å². The Morgan fingerprint density at radius 3 is 2.18 bits per heavy atom. The van der Waals surface area contributed by atoms with Gasteiger partial charge in [-0.3, -0.25) is 0 Å². The molecule has 0 unspecified atom stereocenters. The molecule has 0 N–H and O–H groups in total. The van der Waals surface area contributed by atoms with Gasteiger partial charge < -0.3 is 13.9 Å². The molecule has 112 valence electrons. The first-order valence-corrected chi connectivity index (χ1v) is 6.85. The Hall–Kier alpha value is -2.82. The van der Waals surface area contributed by atoms with E-state index in [0.717, 1.165) is 11.1 Å². The Balaban J connectivity index is 2.07. The highest BCUT2D eigenvalue weighted by Crippen LogP contribution is 2.38. The maximum absolute atomic E-state index is 5.82. The van der Waals surface area contributed by atoms with E-state index in [4.69, 9.17) is 13.9 Å². The zero-order valence-electron chi connectivity index (χ0n) is 12.7. The first-order valence-electron chi connectivity index (χ1n) is 6.85. The SMILES string of the molecule is COc1cccc(-c2nnc(-c3ccccc3C)o2)c1OC. The summed E-state index contributed by atoms with van der Waals surface area (Å²) in [4.78, 5) is 0. The molecule has 0 atom stereocenters. The van der Waals surface area contributed by atoms with Crippen molar-refractivity contribution in [2.24, 2.45) is 0 Å². The van der Waals surface area contributed by atoms with Crippen molar-refractivity contribution in [3.63, 3.8) is 0 Å². The average molecular weight is 296 g/mol. The molecule has 3 rings (SSSR count). The molecule has 5 heteroatoms. The number of ether oxygens (including phenoxy) is 2. The van der Waals surface area contributed by atoms with Crippen molar-refractivity contribution in [3.8, 4) is 34.4 Å². The van der Waals surface area contributed by atoms with Crippen molar-refractivity contribution in [2.45, 2.75) is 6.92 Å². The van der Waals surface area contributed by atoms with E-state index in [0.29, 0.717) is 28.8 Å². The van der Waals surface area contributed by atoms with E-state index in [2.05, 4.69) is 10.2 Å². The summed E-state index contributed by atoms with van der Waals surface area (Å²) in [5, 5.41) is 8.28. The van der Waals surface area contributed by atoms with Crippen LogP contribution in [0.15, 0.2) is 46.9 Å². The van der Waals surface area contributed by atoms with Gasteiger partial charge in [-0.15, -0.1) is 10.2 Å². The van der Waals surface area contributed by atoms with Gasteiger partial charge in [0.1, 0.15) is 0 Å². The maximum atomic E-state index is 5.82. The molecular formula is C17H16N2O3. The van der Waals surface area contributed by atoms with E-state index in [-0.39, 0.29) is 0 Å². The second-order valence-electron chi connectivity index (χ2n) is 4.77. The van der Waals surface area contributed by atoms with E-state index in [1.807, 2.05) is 49.4 Å². The minimum Gasteiger partial charge on any atom is -0.493 e. The molecule has 0 aliphatic rings. The van der Waals surface area contributed by atoms with Gasteiger partial charge in [0.05, 0.1) is 19.8 Å². The number of hydrogen-bond donors (Lipinski definition) is 0. The number of para-hydroxylation sites is 1. The van der Waals surface area contributed by atoms with E-state index >= 15 is 0 Å². The van der Waals surface area contributed by atoms with E-state index in [9.17, 15) is 0 Å². The molecule has 0 fully saturated rings. The van der Waals surface area contributed by atoms with Gasteiger partial charge in [0, 0.05) is 5.56 Å². The summed E-state index contributed by atoms with van der Waals surface area (Å²) in [6, 6.07) is 13.4. The lowest BCUT2D eigenvalue weighted by molar-refractivity contribution is 0.355. The fraction of sp³-hybridized carbons (Fsp3) is 0.176. The van der Waals surface area contributed by atoms with Crippen LogP contribution in [0.5, 0.6) is 11.5 Å². The predicted octanol–water partition coefficient (Wildman–Crippen LogP) is 3.73. The molecular weight excluding hydrogens is 280 g/mol. The van der Waals surface area contributed by atoms with Crippen molar-refractivity contribution in [3.05, 3.63) is 48.0 Å². The predicted molar refractivity (Wildman–Crippen MR) is 83.0 cm³/mol. The normalized spacial score (nSPS) is 10.5. The third-order valence-electron chi connectivity index (χ3n) is 3.43. The van der Waals surface area contributed by atoms with Crippen LogP contribution in [0.4, 0.5) is 0 Å². The fourth-order valence-corrected chi connectivity index (χ4v) is 2.31. The van der Waals surface area contributed by atoms with Crippen molar-refractivity contribution in [2.75, 3.05) is 14.2 Å². The lowest BCUT2D eigenvalue weighted by Crippen LogP contribution is -1.93. The standard InChI is InChI=1S/C17H16N2O3/c1-11-7-4-5-8-12(11)16-18-19-17(22-16)13-9-6-10-14(20-2)15(13)21-3/h4-10H,1-3H3. The summed E-state index contributed by atoms with van der Waals surface area (Å²) in [5.74, 6) is 2.08. The molecule has 3 aromatic rings. The first kappa shape index (κ1) is 14.1. The number of aromatic nitrogens is 2. The monoisotopic (exact) mass is 296 g/mol. The van der Waals surface area contributed by atoms with Crippen LogP contribution in [0.2, 0.25) is 0 Å². The van der Waals surface area contributed by atoms with Crippen LogP contribution in [-0.2, 0) is 0 Å². The Labute approximate surface area is 128 Å². The van der Waals surface area contributed by atoms with Crippen LogP contribution in [0, 0.1) is 6.92 Å². The van der Waals surface area contributed by atoms with Crippen molar-refractivity contribution in [1.82, 2.24) is 10.2 Å². The number of methoxy groups -OCH3 is 2. The molecule has 0 spiro atoms. The van der Waals surface area contributed by atoms with Gasteiger partial charge in [0.2, 0.25) is 5.89 Å². The summed E-state index contributed by atoms with van der Waals surface area (Å²) in [7, 11) is 3.17. The molecule has 0 amide bonds. The summed E-state index contributed by atoms with van der Waals surface area (Å²) in [6.07, 6.45) is 0. The molecule has 5 nitrogen and oxygen atoms in total. The number of hydrogen-bond acceptors (Lipinski definition) is 5. The van der Waals surface area contributed by atoms with Crippen LogP contribution < -0.4 is 9.47 Å². The molecule has 0 saturated heterocycles. The summed E-state index contributed by atoms with van der Waals surface area (Å²) >= 11 is 0. The second-order valence-corrected chi connectivity index (χ2v) is 4.77. The average Bonchev–Trinajstić information content (AvgIpc) is 3.04. The number of benzene rings is 2. The molecule has 1 heterocycles. The third kappa shape index (κ3) is 2.41. The zero-order chi connectivity index (χ0) is 15.5. The second kappa shape index (κ2) is 5.89. The van der Waals surface area contributed by atoms with E-state index in [1.54, 1.807) is 14.2 Å². The van der Waals surface area contributed by atoms with Crippen LogP contribution in [-0.4, -0.2) is 24.4 Å². The zero-order valence-corrected chi connectivity index (χ0v) is 12.7. The van der Waals surface area contributed by atoms with E-state index in [1.165, 1.54) is 0 Å². The molecule has 22 heavy (non-hydrogen) atoms. The number of rotatable bonds is 4. The lowest BCUT2D eigenvalue weighted by atomic mass is 10.1. The highest BCUT2D eigenvalue weighted by Gasteiger charge is 2.18. The van der Waals surface area contributed by atoms with Gasteiger partial charge in [-0.1, -0.05) is 24.3 Å². The van der Waals surface area contributed by atoms with Gasteiger partial charge in [-0.25, -0.2) is 0 Å². The van der Waals surface area contributed by atoms with Gasteiger partial charge >= 0.3 is 0 Å². The van der Waals surface area contributed by atoms with Crippen LogP contribution in [0.1, 0.15) is 5.56 Å². The van der Waals surface area contributed by atoms with Gasteiger partial charge in [0.15, 0.2) is 11.5 Å². The Kier molecular flexibility index (Phi) is 3.78. The lowest BCUT2D eigenvalue weighted by Gasteiger charge is -2.09. The molecule has 1 aromatic heterocycles. The van der Waals surface area contributed by atoms with Crippen molar-refractivity contribution < 1.29 is 13.9 Å². The first-order chi connectivity index (χ1) is 10.7. The van der Waals surface area contributed by atoms with Crippen molar-refractivity contribution >= 4 is 0 Å².